The maximum Gasteiger partial charge on any atom is 0.253 e. The fraction of sp³-hybridized carbons (Fsp3) is 0.650. The summed E-state index contributed by atoms with van der Waals surface area (Å²) in [6.45, 7) is 5.53. The van der Waals surface area contributed by atoms with Crippen LogP contribution in [0.5, 0.6) is 5.75 Å². The van der Waals surface area contributed by atoms with E-state index in [1.54, 1.807) is 0 Å². The van der Waals surface area contributed by atoms with Crippen LogP contribution >= 0.6 is 12.4 Å². The summed E-state index contributed by atoms with van der Waals surface area (Å²) in [4.78, 5) is 14.9. The van der Waals surface area contributed by atoms with Crippen molar-refractivity contribution in [1.82, 2.24) is 10.2 Å². The molecule has 6 heteroatoms. The Morgan fingerprint density at radius 1 is 1.00 bits per heavy atom. The fourth-order valence-corrected chi connectivity index (χ4v) is 4.27. The first kappa shape index (κ1) is 19.5. The Balaban J connectivity index is 0.00000196. The zero-order valence-electron chi connectivity index (χ0n) is 15.2. The lowest BCUT2D eigenvalue weighted by Gasteiger charge is -2.24. The Morgan fingerprint density at radius 2 is 1.62 bits per heavy atom. The summed E-state index contributed by atoms with van der Waals surface area (Å²) < 4.78 is 11.4. The molecule has 144 valence electrons. The van der Waals surface area contributed by atoms with Crippen molar-refractivity contribution in [2.45, 2.75) is 31.8 Å². The number of hydrogen-bond donors (Lipinski definition) is 1. The molecule has 4 rings (SSSR count). The third kappa shape index (κ3) is 4.51. The second kappa shape index (κ2) is 9.07. The predicted molar refractivity (Wildman–Crippen MR) is 103 cm³/mol. The van der Waals surface area contributed by atoms with Gasteiger partial charge in [-0.15, -0.1) is 12.4 Å². The van der Waals surface area contributed by atoms with Gasteiger partial charge in [-0.2, -0.15) is 0 Å². The molecule has 0 aromatic heterocycles. The molecule has 0 radical (unpaired) electrons. The maximum absolute atomic E-state index is 12.8. The minimum Gasteiger partial charge on any atom is -0.490 e. The van der Waals surface area contributed by atoms with Crippen molar-refractivity contribution in [2.24, 2.45) is 11.8 Å². The first-order chi connectivity index (χ1) is 12.3. The van der Waals surface area contributed by atoms with Crippen LogP contribution in [0.1, 0.15) is 36.0 Å². The summed E-state index contributed by atoms with van der Waals surface area (Å²) in [5.41, 5.74) is 0.768. The molecule has 5 nitrogen and oxygen atoms in total. The van der Waals surface area contributed by atoms with Crippen LogP contribution in [0.4, 0.5) is 0 Å². The third-order valence-corrected chi connectivity index (χ3v) is 5.88. The van der Waals surface area contributed by atoms with E-state index in [-0.39, 0.29) is 24.4 Å². The maximum atomic E-state index is 12.8. The molecule has 1 amide bonds. The highest BCUT2D eigenvalue weighted by atomic mass is 35.5. The Bertz CT molecular complexity index is 575. The van der Waals surface area contributed by atoms with Crippen molar-refractivity contribution in [3.63, 3.8) is 0 Å². The molecule has 0 saturated carbocycles. The van der Waals surface area contributed by atoms with Crippen LogP contribution in [-0.2, 0) is 4.74 Å². The number of nitrogens with one attached hydrogen (secondary N) is 1. The van der Waals surface area contributed by atoms with Crippen LogP contribution in [-0.4, -0.2) is 56.3 Å². The first-order valence-electron chi connectivity index (χ1n) is 9.64. The Kier molecular flexibility index (Phi) is 6.79. The summed E-state index contributed by atoms with van der Waals surface area (Å²) in [6, 6.07) is 7.67. The molecular formula is C20H29ClN2O3. The van der Waals surface area contributed by atoms with E-state index in [1.807, 2.05) is 29.2 Å². The average molecular weight is 381 g/mol. The molecule has 0 aliphatic carbocycles. The molecular weight excluding hydrogens is 352 g/mol. The number of fused-ring (bicyclic) bond motifs is 1. The first-order valence-corrected chi connectivity index (χ1v) is 9.64. The van der Waals surface area contributed by atoms with Gasteiger partial charge in [0.2, 0.25) is 0 Å². The number of carbonyl (C=O) groups excluding carboxylic acids is 1. The number of likely N-dealkylation sites (tertiary alicyclic amines) is 1. The number of hydrogen-bond acceptors (Lipinski definition) is 4. The highest BCUT2D eigenvalue weighted by Gasteiger charge is 2.31. The molecule has 0 unspecified atom stereocenters. The van der Waals surface area contributed by atoms with Crippen molar-refractivity contribution in [1.29, 1.82) is 0 Å². The van der Waals surface area contributed by atoms with Crippen molar-refractivity contribution < 1.29 is 14.3 Å². The van der Waals surface area contributed by atoms with Gasteiger partial charge in [-0.3, -0.25) is 4.79 Å². The van der Waals surface area contributed by atoms with Gasteiger partial charge in [0.05, 0.1) is 13.2 Å². The molecule has 1 N–H and O–H groups in total. The average Bonchev–Trinajstić information content (AvgIpc) is 3.01. The van der Waals surface area contributed by atoms with Crippen LogP contribution in [0.3, 0.4) is 0 Å². The van der Waals surface area contributed by atoms with E-state index >= 15 is 0 Å². The molecule has 26 heavy (non-hydrogen) atoms. The highest BCUT2D eigenvalue weighted by Crippen LogP contribution is 2.28. The van der Waals surface area contributed by atoms with Crippen LogP contribution < -0.4 is 10.1 Å². The molecule has 3 aliphatic heterocycles. The Labute approximate surface area is 161 Å². The summed E-state index contributed by atoms with van der Waals surface area (Å²) in [5, 5.41) is 3.48. The van der Waals surface area contributed by atoms with Gasteiger partial charge in [0.1, 0.15) is 11.9 Å². The molecule has 3 saturated heterocycles. The lowest BCUT2D eigenvalue weighted by molar-refractivity contribution is 0.0256. The second-order valence-corrected chi connectivity index (χ2v) is 7.50. The lowest BCUT2D eigenvalue weighted by Crippen LogP contribution is -2.32. The van der Waals surface area contributed by atoms with Gasteiger partial charge in [0, 0.05) is 31.5 Å². The van der Waals surface area contributed by atoms with E-state index < -0.39 is 0 Å². The number of nitrogens with zero attached hydrogens (tertiary/aromatic N) is 1. The van der Waals surface area contributed by atoms with Crippen molar-refractivity contribution in [3.8, 4) is 5.75 Å². The van der Waals surface area contributed by atoms with Gasteiger partial charge >= 0.3 is 0 Å². The standard InChI is InChI=1S/C20H28N2O3.ClH/c23-20(22-9-5-16-13-21-14-17(16)6-10-22)15-1-3-18(4-2-15)25-19-7-11-24-12-8-19;/h1-4,16-17,19,21H,5-14H2;1H/t16-,17+;. The zero-order valence-corrected chi connectivity index (χ0v) is 16.0. The molecule has 3 heterocycles. The minimum absolute atomic E-state index is 0. The summed E-state index contributed by atoms with van der Waals surface area (Å²) in [7, 11) is 0. The Hall–Kier alpha value is -1.30. The highest BCUT2D eigenvalue weighted by molar-refractivity contribution is 5.94. The molecule has 0 bridgehead atoms. The van der Waals surface area contributed by atoms with Gasteiger partial charge < -0.3 is 19.7 Å². The molecule has 1 aromatic rings. The van der Waals surface area contributed by atoms with Gasteiger partial charge in [-0.1, -0.05) is 0 Å². The van der Waals surface area contributed by atoms with Gasteiger partial charge in [-0.25, -0.2) is 0 Å². The van der Waals surface area contributed by atoms with Gasteiger partial charge in [0.15, 0.2) is 0 Å². The molecule has 1 aromatic carbocycles. The van der Waals surface area contributed by atoms with Gasteiger partial charge in [0.25, 0.3) is 5.91 Å². The predicted octanol–water partition coefficient (Wildman–Crippen LogP) is 2.74. The SMILES string of the molecule is Cl.O=C(c1ccc(OC2CCOCC2)cc1)N1CC[C@@H]2CNC[C@@H]2CC1. The van der Waals surface area contributed by atoms with E-state index in [0.717, 1.165) is 88.2 Å². The smallest absolute Gasteiger partial charge is 0.253 e. The third-order valence-electron chi connectivity index (χ3n) is 5.88. The van der Waals surface area contributed by atoms with Crippen LogP contribution in [0, 0.1) is 11.8 Å². The fourth-order valence-electron chi connectivity index (χ4n) is 4.27. The molecule has 0 spiro atoms. The summed E-state index contributed by atoms with van der Waals surface area (Å²) in [5.74, 6) is 2.49. The summed E-state index contributed by atoms with van der Waals surface area (Å²) in [6.07, 6.45) is 4.34. The lowest BCUT2D eigenvalue weighted by atomic mass is 9.92. The van der Waals surface area contributed by atoms with E-state index in [4.69, 9.17) is 9.47 Å². The number of ether oxygens (including phenoxy) is 2. The van der Waals surface area contributed by atoms with Crippen molar-refractivity contribution >= 4 is 18.3 Å². The number of benzene rings is 1. The summed E-state index contributed by atoms with van der Waals surface area (Å²) >= 11 is 0. The van der Waals surface area contributed by atoms with Crippen LogP contribution in [0.25, 0.3) is 0 Å². The van der Waals surface area contributed by atoms with E-state index in [1.165, 1.54) is 0 Å². The van der Waals surface area contributed by atoms with Crippen molar-refractivity contribution in [2.75, 3.05) is 39.4 Å². The largest absolute Gasteiger partial charge is 0.490 e. The van der Waals surface area contributed by atoms with E-state index in [0.29, 0.717) is 0 Å². The van der Waals surface area contributed by atoms with E-state index in [9.17, 15) is 4.79 Å². The van der Waals surface area contributed by atoms with Crippen LogP contribution in [0.2, 0.25) is 0 Å². The monoisotopic (exact) mass is 380 g/mol. The molecule has 3 fully saturated rings. The second-order valence-electron chi connectivity index (χ2n) is 7.50. The normalized spacial score (nSPS) is 26.5. The van der Waals surface area contributed by atoms with Crippen LogP contribution in [0.15, 0.2) is 24.3 Å². The topological polar surface area (TPSA) is 50.8 Å². The minimum atomic E-state index is 0. The van der Waals surface area contributed by atoms with Crippen molar-refractivity contribution in [3.05, 3.63) is 29.8 Å². The van der Waals surface area contributed by atoms with Gasteiger partial charge in [-0.05, 0) is 62.0 Å². The number of amides is 1. The number of carbonyl (C=O) groups is 1. The Morgan fingerprint density at radius 3 is 2.23 bits per heavy atom. The quantitative estimate of drug-likeness (QED) is 0.876. The molecule has 2 atom stereocenters. The van der Waals surface area contributed by atoms with E-state index in [2.05, 4.69) is 5.32 Å². The zero-order chi connectivity index (χ0) is 17.1. The number of rotatable bonds is 3. The number of halogens is 1. The molecule has 3 aliphatic rings.